The van der Waals surface area contributed by atoms with Crippen molar-refractivity contribution in [3.8, 4) is 0 Å². The third-order valence-corrected chi connectivity index (χ3v) is 4.18. The van der Waals surface area contributed by atoms with Crippen LogP contribution < -0.4 is 4.90 Å². The average Bonchev–Trinajstić information content (AvgIpc) is 2.93. The molecule has 21 heavy (non-hydrogen) atoms. The first-order valence-electron chi connectivity index (χ1n) is 6.78. The van der Waals surface area contributed by atoms with Crippen LogP contribution in [0, 0.1) is 0 Å². The second kappa shape index (κ2) is 4.12. The zero-order valence-electron chi connectivity index (χ0n) is 11.1. The van der Waals surface area contributed by atoms with E-state index in [1.165, 1.54) is 0 Å². The summed E-state index contributed by atoms with van der Waals surface area (Å²) in [5, 5.41) is 0. The number of carbonyl (C=O) groups is 3. The Hall–Kier alpha value is -2.75. The Labute approximate surface area is 121 Å². The van der Waals surface area contributed by atoms with Crippen LogP contribution in [0.5, 0.6) is 0 Å². The lowest BCUT2D eigenvalue weighted by atomic mass is 9.83. The minimum atomic E-state index is -0.152. The Bertz CT molecular complexity index is 823. The molecule has 1 heterocycles. The molecule has 102 valence electrons. The predicted molar refractivity (Wildman–Crippen MR) is 76.9 cm³/mol. The van der Waals surface area contributed by atoms with Crippen molar-refractivity contribution in [3.63, 3.8) is 0 Å². The summed E-state index contributed by atoms with van der Waals surface area (Å²) < 4.78 is 0. The zero-order valence-corrected chi connectivity index (χ0v) is 11.1. The molecule has 0 fully saturated rings. The molecule has 0 N–H and O–H groups in total. The number of fused-ring (bicyclic) bond motifs is 3. The number of anilines is 1. The first-order valence-corrected chi connectivity index (χ1v) is 6.78. The van der Waals surface area contributed by atoms with Crippen LogP contribution in [0.1, 0.15) is 37.4 Å². The molecule has 2 aromatic carbocycles. The molecule has 0 aromatic heterocycles. The molecule has 4 rings (SSSR count). The maximum Gasteiger partial charge on any atom is 0.214 e. The van der Waals surface area contributed by atoms with Crippen LogP contribution in [0.25, 0.3) is 0 Å². The fraction of sp³-hybridized carbons (Fsp3) is 0.118. The molecule has 1 aliphatic heterocycles. The molecule has 0 saturated heterocycles. The van der Waals surface area contributed by atoms with Gasteiger partial charge < -0.3 is 4.90 Å². The first kappa shape index (κ1) is 12.0. The van der Waals surface area contributed by atoms with Crippen LogP contribution in [0.15, 0.2) is 36.4 Å². The summed E-state index contributed by atoms with van der Waals surface area (Å²) >= 11 is 0. The van der Waals surface area contributed by atoms with Crippen molar-refractivity contribution in [1.82, 2.24) is 0 Å². The van der Waals surface area contributed by atoms with E-state index in [0.717, 1.165) is 17.7 Å². The van der Waals surface area contributed by atoms with Crippen LogP contribution in [-0.4, -0.2) is 24.5 Å². The number of carbonyl (C=O) groups excluding carboxylic acids is 3. The first-order chi connectivity index (χ1) is 10.2. The second-order valence-electron chi connectivity index (χ2n) is 5.28. The molecule has 0 atom stereocenters. The van der Waals surface area contributed by atoms with Crippen molar-refractivity contribution in [1.29, 1.82) is 0 Å². The largest absolute Gasteiger partial charge is 0.314 e. The number of nitrogens with zero attached hydrogens (tertiary/aromatic N) is 1. The number of amides is 1. The Morgan fingerprint density at radius 2 is 1.52 bits per heavy atom. The Balaban J connectivity index is 1.97. The van der Waals surface area contributed by atoms with E-state index in [0.29, 0.717) is 35.2 Å². The highest BCUT2D eigenvalue weighted by molar-refractivity contribution is 6.28. The highest BCUT2D eigenvalue weighted by Crippen LogP contribution is 2.35. The smallest absolute Gasteiger partial charge is 0.214 e. The number of rotatable bonds is 1. The minimum absolute atomic E-state index is 0.118. The molecule has 2 aromatic rings. The molecule has 2 aliphatic rings. The summed E-state index contributed by atoms with van der Waals surface area (Å²) in [7, 11) is 0. The van der Waals surface area contributed by atoms with Crippen molar-refractivity contribution in [2.45, 2.75) is 6.42 Å². The molecule has 0 saturated carbocycles. The van der Waals surface area contributed by atoms with E-state index in [1.54, 1.807) is 41.3 Å². The van der Waals surface area contributed by atoms with Crippen molar-refractivity contribution >= 4 is 23.7 Å². The fourth-order valence-electron chi connectivity index (χ4n) is 3.12. The average molecular weight is 277 g/mol. The van der Waals surface area contributed by atoms with Gasteiger partial charge in [-0.2, -0.15) is 0 Å². The standard InChI is InChI=1S/C17H11NO3/c19-9-18-6-5-10-7-13-14(8-15(10)18)17(21)12-4-2-1-3-11(12)16(13)20/h1-4,7-9H,5-6H2. The van der Waals surface area contributed by atoms with E-state index < -0.39 is 0 Å². The molecular weight excluding hydrogens is 266 g/mol. The Morgan fingerprint density at radius 3 is 2.14 bits per heavy atom. The third kappa shape index (κ3) is 1.53. The SMILES string of the molecule is O=CN1CCc2cc3c(cc21)C(=O)c1ccccc1C3=O. The molecule has 0 spiro atoms. The highest BCUT2D eigenvalue weighted by atomic mass is 16.1. The molecule has 0 bridgehead atoms. The third-order valence-electron chi connectivity index (χ3n) is 4.18. The van der Waals surface area contributed by atoms with E-state index in [9.17, 15) is 14.4 Å². The topological polar surface area (TPSA) is 54.5 Å². The minimum Gasteiger partial charge on any atom is -0.314 e. The summed E-state index contributed by atoms with van der Waals surface area (Å²) in [5.41, 5.74) is 3.42. The van der Waals surface area contributed by atoms with E-state index in [2.05, 4.69) is 0 Å². The van der Waals surface area contributed by atoms with E-state index in [-0.39, 0.29) is 11.6 Å². The van der Waals surface area contributed by atoms with Gasteiger partial charge in [-0.15, -0.1) is 0 Å². The molecule has 1 amide bonds. The van der Waals surface area contributed by atoms with Crippen molar-refractivity contribution in [2.24, 2.45) is 0 Å². The van der Waals surface area contributed by atoms with Gasteiger partial charge in [0.25, 0.3) is 0 Å². The molecule has 0 radical (unpaired) electrons. The predicted octanol–water partition coefficient (Wildman–Crippen LogP) is 1.98. The summed E-state index contributed by atoms with van der Waals surface area (Å²) in [4.78, 5) is 37.8. The van der Waals surface area contributed by atoms with Gasteiger partial charge in [-0.25, -0.2) is 0 Å². The fourth-order valence-corrected chi connectivity index (χ4v) is 3.12. The van der Waals surface area contributed by atoms with Gasteiger partial charge >= 0.3 is 0 Å². The summed E-state index contributed by atoms with van der Waals surface area (Å²) in [6.45, 7) is 0.594. The van der Waals surface area contributed by atoms with Crippen LogP contribution in [0.2, 0.25) is 0 Å². The monoisotopic (exact) mass is 277 g/mol. The number of ketones is 2. The molecule has 4 nitrogen and oxygen atoms in total. The van der Waals surface area contributed by atoms with Gasteiger partial charge in [0.2, 0.25) is 6.41 Å². The van der Waals surface area contributed by atoms with Crippen molar-refractivity contribution < 1.29 is 14.4 Å². The van der Waals surface area contributed by atoms with Crippen molar-refractivity contribution in [2.75, 3.05) is 11.4 Å². The van der Waals surface area contributed by atoms with Crippen LogP contribution in [0.3, 0.4) is 0 Å². The lowest BCUT2D eigenvalue weighted by Gasteiger charge is -2.19. The summed E-state index contributed by atoms with van der Waals surface area (Å²) in [5.74, 6) is -0.270. The van der Waals surface area contributed by atoms with Crippen LogP contribution >= 0.6 is 0 Å². The molecule has 4 heteroatoms. The van der Waals surface area contributed by atoms with Crippen LogP contribution in [0.4, 0.5) is 5.69 Å². The molecule has 1 aliphatic carbocycles. The number of benzene rings is 2. The van der Waals surface area contributed by atoms with Gasteiger partial charge in [0.05, 0.1) is 0 Å². The van der Waals surface area contributed by atoms with E-state index >= 15 is 0 Å². The maximum absolute atomic E-state index is 12.6. The van der Waals surface area contributed by atoms with Gasteiger partial charge in [-0.1, -0.05) is 24.3 Å². The van der Waals surface area contributed by atoms with E-state index in [1.807, 2.05) is 0 Å². The molecular formula is C17H11NO3. The zero-order chi connectivity index (χ0) is 14.6. The van der Waals surface area contributed by atoms with Gasteiger partial charge in [-0.05, 0) is 24.1 Å². The van der Waals surface area contributed by atoms with Gasteiger partial charge in [0, 0.05) is 34.5 Å². The maximum atomic E-state index is 12.6. The quantitative estimate of drug-likeness (QED) is 0.639. The van der Waals surface area contributed by atoms with Crippen molar-refractivity contribution in [3.05, 3.63) is 64.2 Å². The highest BCUT2D eigenvalue weighted by Gasteiger charge is 2.32. The van der Waals surface area contributed by atoms with Crippen LogP contribution in [-0.2, 0) is 11.2 Å². The van der Waals surface area contributed by atoms with E-state index in [4.69, 9.17) is 0 Å². The molecule has 0 unspecified atom stereocenters. The van der Waals surface area contributed by atoms with Gasteiger partial charge in [-0.3, -0.25) is 14.4 Å². The lowest BCUT2D eigenvalue weighted by Crippen LogP contribution is -2.22. The number of hydrogen-bond acceptors (Lipinski definition) is 3. The summed E-state index contributed by atoms with van der Waals surface area (Å²) in [6.07, 6.45) is 1.48. The van der Waals surface area contributed by atoms with Gasteiger partial charge in [0.15, 0.2) is 11.6 Å². The summed E-state index contributed by atoms with van der Waals surface area (Å²) in [6, 6.07) is 10.3. The Morgan fingerprint density at radius 1 is 0.905 bits per heavy atom. The Kier molecular flexibility index (Phi) is 2.36. The number of hydrogen-bond donors (Lipinski definition) is 0. The van der Waals surface area contributed by atoms with Gasteiger partial charge in [0.1, 0.15) is 0 Å². The lowest BCUT2D eigenvalue weighted by molar-refractivity contribution is -0.107. The second-order valence-corrected chi connectivity index (χ2v) is 5.28. The normalized spacial score (nSPS) is 15.5.